The van der Waals surface area contributed by atoms with Gasteiger partial charge in [0.2, 0.25) is 5.91 Å². The number of halogens is 4. The maximum atomic E-state index is 12.9. The SMILES string of the molecule is COCCOc1ccc(C(F)(F)F)cc1NC(=O)CC1CSCCN1.Cl. The minimum Gasteiger partial charge on any atom is -0.489 e. The molecule has 0 bridgehead atoms. The van der Waals surface area contributed by atoms with Gasteiger partial charge in [-0.2, -0.15) is 24.9 Å². The Bertz CT molecular complexity index is 584. The molecule has 1 aliphatic rings. The summed E-state index contributed by atoms with van der Waals surface area (Å²) in [5.74, 6) is 1.62. The lowest BCUT2D eigenvalue weighted by molar-refractivity contribution is -0.137. The molecule has 0 aliphatic carbocycles. The molecule has 0 saturated carbocycles. The van der Waals surface area contributed by atoms with Crippen molar-refractivity contribution in [1.82, 2.24) is 5.32 Å². The summed E-state index contributed by atoms with van der Waals surface area (Å²) in [4.78, 5) is 12.2. The number of hydrogen-bond acceptors (Lipinski definition) is 5. The lowest BCUT2D eigenvalue weighted by Crippen LogP contribution is -2.39. The highest BCUT2D eigenvalue weighted by Crippen LogP contribution is 2.35. The highest BCUT2D eigenvalue weighted by molar-refractivity contribution is 7.99. The summed E-state index contributed by atoms with van der Waals surface area (Å²) in [6.07, 6.45) is -4.30. The predicted molar refractivity (Wildman–Crippen MR) is 98.4 cm³/mol. The fourth-order valence-electron chi connectivity index (χ4n) is 2.34. The molecule has 1 aliphatic heterocycles. The molecule has 2 rings (SSSR count). The minimum atomic E-state index is -4.49. The minimum absolute atomic E-state index is 0. The molecule has 0 radical (unpaired) electrons. The molecular weight excluding hydrogens is 393 g/mol. The number of thioether (sulfide) groups is 1. The number of ether oxygens (including phenoxy) is 2. The van der Waals surface area contributed by atoms with Crippen molar-refractivity contribution in [2.24, 2.45) is 0 Å². The first-order chi connectivity index (χ1) is 11.9. The van der Waals surface area contributed by atoms with Gasteiger partial charge in [-0.1, -0.05) is 0 Å². The lowest BCUT2D eigenvalue weighted by Gasteiger charge is -2.23. The van der Waals surface area contributed by atoms with E-state index >= 15 is 0 Å². The van der Waals surface area contributed by atoms with Gasteiger partial charge in [0, 0.05) is 37.6 Å². The molecule has 148 valence electrons. The number of carbonyl (C=O) groups excluding carboxylic acids is 1. The number of alkyl halides is 3. The van der Waals surface area contributed by atoms with Crippen molar-refractivity contribution in [3.05, 3.63) is 23.8 Å². The normalized spacial score (nSPS) is 17.3. The van der Waals surface area contributed by atoms with Crippen LogP contribution in [0, 0.1) is 0 Å². The van der Waals surface area contributed by atoms with Gasteiger partial charge in [0.25, 0.3) is 0 Å². The van der Waals surface area contributed by atoms with Crippen molar-refractivity contribution in [1.29, 1.82) is 0 Å². The Labute approximate surface area is 160 Å². The Kier molecular flexibility index (Phi) is 9.56. The summed E-state index contributed by atoms with van der Waals surface area (Å²) in [6, 6.07) is 3.05. The second kappa shape index (κ2) is 10.9. The van der Waals surface area contributed by atoms with Gasteiger partial charge in [-0.15, -0.1) is 12.4 Å². The van der Waals surface area contributed by atoms with Crippen molar-refractivity contribution in [2.45, 2.75) is 18.6 Å². The molecule has 10 heteroatoms. The summed E-state index contributed by atoms with van der Waals surface area (Å²) in [7, 11) is 1.49. The number of methoxy groups -OCH3 is 1. The molecule has 0 aromatic heterocycles. The van der Waals surface area contributed by atoms with Crippen LogP contribution in [0.3, 0.4) is 0 Å². The zero-order chi connectivity index (χ0) is 18.3. The van der Waals surface area contributed by atoms with Crippen LogP contribution in [0.5, 0.6) is 5.75 Å². The largest absolute Gasteiger partial charge is 0.489 e. The maximum absolute atomic E-state index is 12.9. The Morgan fingerprint density at radius 2 is 2.15 bits per heavy atom. The van der Waals surface area contributed by atoms with Crippen LogP contribution in [-0.2, 0) is 15.7 Å². The van der Waals surface area contributed by atoms with Gasteiger partial charge < -0.3 is 20.1 Å². The number of benzene rings is 1. The van der Waals surface area contributed by atoms with Gasteiger partial charge >= 0.3 is 6.18 Å². The zero-order valence-electron chi connectivity index (χ0n) is 14.2. The smallest absolute Gasteiger partial charge is 0.416 e. The number of rotatable bonds is 7. The van der Waals surface area contributed by atoms with E-state index in [-0.39, 0.29) is 55.4 Å². The molecule has 1 aromatic carbocycles. The lowest BCUT2D eigenvalue weighted by atomic mass is 10.1. The van der Waals surface area contributed by atoms with E-state index in [9.17, 15) is 18.0 Å². The van der Waals surface area contributed by atoms with Gasteiger partial charge in [0.1, 0.15) is 12.4 Å². The van der Waals surface area contributed by atoms with E-state index in [4.69, 9.17) is 9.47 Å². The van der Waals surface area contributed by atoms with Crippen LogP contribution < -0.4 is 15.4 Å². The third-order valence-corrected chi connectivity index (χ3v) is 4.69. The Morgan fingerprint density at radius 1 is 1.38 bits per heavy atom. The van der Waals surface area contributed by atoms with Crippen molar-refractivity contribution < 1.29 is 27.4 Å². The fourth-order valence-corrected chi connectivity index (χ4v) is 3.29. The molecule has 1 aromatic rings. The highest BCUT2D eigenvalue weighted by atomic mass is 35.5. The van der Waals surface area contributed by atoms with E-state index < -0.39 is 11.7 Å². The molecule has 5 nitrogen and oxygen atoms in total. The van der Waals surface area contributed by atoms with E-state index in [0.29, 0.717) is 0 Å². The van der Waals surface area contributed by atoms with Crippen LogP contribution >= 0.6 is 24.2 Å². The van der Waals surface area contributed by atoms with Gasteiger partial charge in [-0.05, 0) is 18.2 Å². The number of nitrogens with one attached hydrogen (secondary N) is 2. The highest BCUT2D eigenvalue weighted by Gasteiger charge is 2.31. The molecule has 1 saturated heterocycles. The Morgan fingerprint density at radius 3 is 2.77 bits per heavy atom. The van der Waals surface area contributed by atoms with E-state index in [1.54, 1.807) is 11.8 Å². The monoisotopic (exact) mass is 414 g/mol. The van der Waals surface area contributed by atoms with Gasteiger partial charge in [0.05, 0.1) is 17.9 Å². The second-order valence-electron chi connectivity index (χ2n) is 5.53. The first-order valence-corrected chi connectivity index (χ1v) is 8.99. The molecule has 2 N–H and O–H groups in total. The van der Waals surface area contributed by atoms with E-state index in [0.717, 1.165) is 30.2 Å². The molecule has 26 heavy (non-hydrogen) atoms. The van der Waals surface area contributed by atoms with Gasteiger partial charge in [0.15, 0.2) is 0 Å². The molecule has 1 fully saturated rings. The van der Waals surface area contributed by atoms with Crippen LogP contribution in [0.15, 0.2) is 18.2 Å². The molecule has 0 spiro atoms. The quantitative estimate of drug-likeness (QED) is 0.671. The van der Waals surface area contributed by atoms with Crippen molar-refractivity contribution in [2.75, 3.05) is 43.7 Å². The fraction of sp³-hybridized carbons (Fsp3) is 0.562. The number of hydrogen-bond donors (Lipinski definition) is 2. The molecular formula is C16H22ClF3N2O3S. The number of anilines is 1. The molecule has 1 amide bonds. The molecule has 1 unspecified atom stereocenters. The van der Waals surface area contributed by atoms with Crippen molar-refractivity contribution in [3.63, 3.8) is 0 Å². The average Bonchev–Trinajstić information content (AvgIpc) is 2.56. The van der Waals surface area contributed by atoms with E-state index in [1.807, 2.05) is 0 Å². The summed E-state index contributed by atoms with van der Waals surface area (Å²) in [5, 5.41) is 5.76. The van der Waals surface area contributed by atoms with Crippen LogP contribution in [0.4, 0.5) is 18.9 Å². The molecule has 1 atom stereocenters. The topological polar surface area (TPSA) is 59.6 Å². The van der Waals surface area contributed by atoms with Crippen molar-refractivity contribution >= 4 is 35.8 Å². The summed E-state index contributed by atoms with van der Waals surface area (Å²) in [5.41, 5.74) is -0.826. The van der Waals surface area contributed by atoms with Crippen LogP contribution in [0.25, 0.3) is 0 Å². The second-order valence-corrected chi connectivity index (χ2v) is 6.68. The van der Waals surface area contributed by atoms with Crippen molar-refractivity contribution in [3.8, 4) is 5.75 Å². The Balaban J connectivity index is 0.00000338. The summed E-state index contributed by atoms with van der Waals surface area (Å²) in [6.45, 7) is 1.28. The standard InChI is InChI=1S/C16H21F3N2O3S.ClH/c1-23-5-6-24-14-3-2-11(16(17,18)19)8-13(14)21-15(22)9-12-10-25-7-4-20-12;/h2-3,8,12,20H,4-7,9-10H2,1H3,(H,21,22);1H. The van der Waals surface area contributed by atoms with Crippen LogP contribution in [0.2, 0.25) is 0 Å². The maximum Gasteiger partial charge on any atom is 0.416 e. The predicted octanol–water partition coefficient (Wildman–Crippen LogP) is 3.19. The number of amides is 1. The van der Waals surface area contributed by atoms with Gasteiger partial charge in [-0.3, -0.25) is 4.79 Å². The first kappa shape index (κ1) is 22.9. The van der Waals surface area contributed by atoms with Crippen LogP contribution in [0.1, 0.15) is 12.0 Å². The summed E-state index contributed by atoms with van der Waals surface area (Å²) < 4.78 is 49.1. The van der Waals surface area contributed by atoms with E-state index in [2.05, 4.69) is 10.6 Å². The number of carbonyl (C=O) groups is 1. The first-order valence-electron chi connectivity index (χ1n) is 7.84. The average molecular weight is 415 g/mol. The van der Waals surface area contributed by atoms with Crippen LogP contribution in [-0.4, -0.2) is 50.3 Å². The third-order valence-electron chi connectivity index (χ3n) is 3.56. The summed E-state index contributed by atoms with van der Waals surface area (Å²) >= 11 is 1.74. The third kappa shape index (κ3) is 7.22. The van der Waals surface area contributed by atoms with E-state index in [1.165, 1.54) is 13.2 Å². The van der Waals surface area contributed by atoms with Gasteiger partial charge in [-0.25, -0.2) is 0 Å². The molecule has 1 heterocycles. The zero-order valence-corrected chi connectivity index (χ0v) is 15.9. The Hall–Kier alpha value is -1.16.